The molecule has 0 unspecified atom stereocenters. The van der Waals surface area contributed by atoms with Crippen LogP contribution in [-0.2, 0) is 0 Å². The summed E-state index contributed by atoms with van der Waals surface area (Å²) in [5.41, 5.74) is 3.55. The lowest BCUT2D eigenvalue weighted by molar-refractivity contribution is 0.0784. The van der Waals surface area contributed by atoms with Crippen molar-refractivity contribution in [2.75, 3.05) is 11.9 Å². The Bertz CT molecular complexity index is 1050. The van der Waals surface area contributed by atoms with Gasteiger partial charge in [0, 0.05) is 41.5 Å². The summed E-state index contributed by atoms with van der Waals surface area (Å²) in [4.78, 5) is 2.28. The van der Waals surface area contributed by atoms with Crippen molar-refractivity contribution in [3.05, 3.63) is 42.7 Å². The van der Waals surface area contributed by atoms with Gasteiger partial charge in [-0.2, -0.15) is 5.10 Å². The maximum absolute atomic E-state index is 10.6. The van der Waals surface area contributed by atoms with Crippen LogP contribution in [0.25, 0.3) is 22.4 Å². The van der Waals surface area contributed by atoms with Gasteiger partial charge < -0.3 is 15.3 Å². The van der Waals surface area contributed by atoms with Gasteiger partial charge in [-0.15, -0.1) is 10.2 Å². The van der Waals surface area contributed by atoms with Gasteiger partial charge in [0.15, 0.2) is 5.82 Å². The number of hydrogen-bond donors (Lipinski definition) is 3. The van der Waals surface area contributed by atoms with Crippen molar-refractivity contribution >= 4 is 5.82 Å². The summed E-state index contributed by atoms with van der Waals surface area (Å²) in [5, 5.41) is 30.2. The number of phenols is 1. The lowest BCUT2D eigenvalue weighted by atomic mass is 9.69. The van der Waals surface area contributed by atoms with Crippen molar-refractivity contribution in [3.63, 3.8) is 0 Å². The molecule has 2 aliphatic heterocycles. The number of aromatic amines is 1. The smallest absolute Gasteiger partial charge is 0.151 e. The molecule has 7 nitrogen and oxygen atoms in total. The first kappa shape index (κ1) is 20.0. The highest BCUT2D eigenvalue weighted by atomic mass is 16.3. The summed E-state index contributed by atoms with van der Waals surface area (Å²) in [7, 11) is 2.12. The van der Waals surface area contributed by atoms with Crippen LogP contribution < -0.4 is 10.2 Å². The molecule has 0 amide bonds. The Labute approximate surface area is 182 Å². The van der Waals surface area contributed by atoms with Gasteiger partial charge in [-0.05, 0) is 75.8 Å². The van der Waals surface area contributed by atoms with Crippen molar-refractivity contribution in [2.45, 2.75) is 63.1 Å². The van der Waals surface area contributed by atoms with E-state index in [0.29, 0.717) is 17.3 Å². The summed E-state index contributed by atoms with van der Waals surface area (Å²) < 4.78 is 0. The summed E-state index contributed by atoms with van der Waals surface area (Å²) in [6.45, 7) is 4.71. The predicted molar refractivity (Wildman–Crippen MR) is 122 cm³/mol. The molecule has 0 radical (unpaired) electrons. The largest absolute Gasteiger partial charge is 0.507 e. The highest BCUT2D eigenvalue weighted by Crippen LogP contribution is 2.42. The van der Waals surface area contributed by atoms with E-state index in [4.69, 9.17) is 0 Å². The van der Waals surface area contributed by atoms with Gasteiger partial charge in [-0.25, -0.2) is 0 Å². The molecule has 1 aromatic carbocycles. The second kappa shape index (κ2) is 7.34. The SMILES string of the molecule is CN(c1ccc(-c2ccc(-c3cn[nH]c3)cc2O)nn1)[C@H]1C[C@]2(C)CCC[C@](C)(C1)N2. The molecule has 7 heteroatoms. The van der Waals surface area contributed by atoms with Gasteiger partial charge in [0.05, 0.1) is 11.9 Å². The van der Waals surface area contributed by atoms with Crippen LogP contribution in [-0.4, -0.2) is 49.7 Å². The van der Waals surface area contributed by atoms with E-state index in [0.717, 1.165) is 29.8 Å². The highest BCUT2D eigenvalue weighted by molar-refractivity contribution is 5.73. The first-order chi connectivity index (χ1) is 14.8. The minimum Gasteiger partial charge on any atom is -0.507 e. The third-order valence-corrected chi connectivity index (χ3v) is 7.10. The fraction of sp³-hybridized carbons (Fsp3) is 0.458. The maximum Gasteiger partial charge on any atom is 0.151 e. The number of phenolic OH excluding ortho intramolecular Hbond substituents is 1. The Balaban J connectivity index is 1.35. The molecule has 2 saturated heterocycles. The second-order valence-electron chi connectivity index (χ2n) is 9.77. The molecule has 3 aromatic rings. The van der Waals surface area contributed by atoms with Crippen LogP contribution in [0.2, 0.25) is 0 Å². The molecule has 2 aromatic heterocycles. The molecule has 162 valence electrons. The molecular weight excluding hydrogens is 388 g/mol. The summed E-state index contributed by atoms with van der Waals surface area (Å²) in [6, 6.07) is 9.94. The Kier molecular flexibility index (Phi) is 4.73. The zero-order valence-corrected chi connectivity index (χ0v) is 18.4. The molecule has 0 spiro atoms. The zero-order valence-electron chi connectivity index (χ0n) is 18.4. The topological polar surface area (TPSA) is 90.0 Å². The first-order valence-electron chi connectivity index (χ1n) is 11.0. The minimum absolute atomic E-state index is 0.182. The van der Waals surface area contributed by atoms with Gasteiger partial charge in [-0.3, -0.25) is 5.10 Å². The Hall–Kier alpha value is -2.93. The van der Waals surface area contributed by atoms with E-state index in [2.05, 4.69) is 51.5 Å². The van der Waals surface area contributed by atoms with E-state index in [-0.39, 0.29) is 16.8 Å². The fourth-order valence-corrected chi connectivity index (χ4v) is 5.60. The van der Waals surface area contributed by atoms with Crippen molar-refractivity contribution in [3.8, 4) is 28.1 Å². The molecule has 2 bridgehead atoms. The van der Waals surface area contributed by atoms with E-state index < -0.39 is 0 Å². The van der Waals surface area contributed by atoms with Crippen LogP contribution in [0, 0.1) is 0 Å². The molecule has 4 heterocycles. The number of piperidine rings is 2. The number of hydrogen-bond acceptors (Lipinski definition) is 6. The summed E-state index contributed by atoms with van der Waals surface area (Å²) >= 11 is 0. The van der Waals surface area contributed by atoms with Crippen LogP contribution in [0.5, 0.6) is 5.75 Å². The quantitative estimate of drug-likeness (QED) is 0.590. The van der Waals surface area contributed by atoms with Crippen LogP contribution in [0.15, 0.2) is 42.7 Å². The third kappa shape index (κ3) is 3.78. The predicted octanol–water partition coefficient (Wildman–Crippen LogP) is 4.13. The van der Waals surface area contributed by atoms with Gasteiger partial charge in [0.25, 0.3) is 0 Å². The molecule has 3 atom stereocenters. The number of aromatic nitrogens is 4. The fourth-order valence-electron chi connectivity index (χ4n) is 5.60. The maximum atomic E-state index is 10.6. The Morgan fingerprint density at radius 3 is 2.42 bits per heavy atom. The molecule has 0 aliphatic carbocycles. The number of nitrogens with zero attached hydrogens (tertiary/aromatic N) is 4. The van der Waals surface area contributed by atoms with Crippen LogP contribution in [0.3, 0.4) is 0 Å². The molecular formula is C24H30N6O. The lowest BCUT2D eigenvalue weighted by Gasteiger charge is -2.55. The van der Waals surface area contributed by atoms with Crippen LogP contribution >= 0.6 is 0 Å². The van der Waals surface area contributed by atoms with Gasteiger partial charge in [-0.1, -0.05) is 6.07 Å². The van der Waals surface area contributed by atoms with Crippen molar-refractivity contribution < 1.29 is 5.11 Å². The van der Waals surface area contributed by atoms with Crippen molar-refractivity contribution in [2.24, 2.45) is 0 Å². The Morgan fingerprint density at radius 2 is 1.81 bits per heavy atom. The highest BCUT2D eigenvalue weighted by Gasteiger charge is 2.46. The monoisotopic (exact) mass is 418 g/mol. The van der Waals surface area contributed by atoms with Gasteiger partial charge in [0.1, 0.15) is 5.75 Å². The summed E-state index contributed by atoms with van der Waals surface area (Å²) in [5.74, 6) is 1.05. The number of nitrogens with one attached hydrogen (secondary N) is 2. The standard InChI is InChI=1S/C24H30N6O/c1-23-9-4-10-24(2,29-23)13-18(12-23)30(3)22-8-7-20(27-28-22)19-6-5-16(11-21(19)31)17-14-25-26-15-17/h5-8,11,14-15,18,29,31H,4,9-10,12-13H2,1-3H3,(H,25,26)/t18-,23-,24+. The number of H-pyrrole nitrogens is 1. The van der Waals surface area contributed by atoms with E-state index in [9.17, 15) is 5.11 Å². The molecule has 2 aliphatic rings. The third-order valence-electron chi connectivity index (χ3n) is 7.10. The number of fused-ring (bicyclic) bond motifs is 2. The van der Waals surface area contributed by atoms with Crippen LogP contribution in [0.4, 0.5) is 5.82 Å². The molecule has 0 saturated carbocycles. The molecule has 31 heavy (non-hydrogen) atoms. The first-order valence-corrected chi connectivity index (χ1v) is 11.0. The summed E-state index contributed by atoms with van der Waals surface area (Å²) in [6.07, 6.45) is 9.51. The van der Waals surface area contributed by atoms with Crippen molar-refractivity contribution in [1.29, 1.82) is 0 Å². The minimum atomic E-state index is 0.182. The number of rotatable bonds is 4. The second-order valence-corrected chi connectivity index (χ2v) is 9.77. The van der Waals surface area contributed by atoms with Crippen LogP contribution in [0.1, 0.15) is 46.0 Å². The number of benzene rings is 1. The van der Waals surface area contributed by atoms with E-state index in [1.165, 1.54) is 19.3 Å². The van der Waals surface area contributed by atoms with Gasteiger partial charge in [0.2, 0.25) is 0 Å². The average Bonchev–Trinajstić information content (AvgIpc) is 3.27. The average molecular weight is 419 g/mol. The molecule has 5 rings (SSSR count). The van der Waals surface area contributed by atoms with Crippen molar-refractivity contribution in [1.82, 2.24) is 25.7 Å². The number of anilines is 1. The Morgan fingerprint density at radius 1 is 1.03 bits per heavy atom. The van der Waals surface area contributed by atoms with E-state index >= 15 is 0 Å². The van der Waals surface area contributed by atoms with E-state index in [1.54, 1.807) is 18.5 Å². The van der Waals surface area contributed by atoms with Gasteiger partial charge >= 0.3 is 0 Å². The molecule has 3 N–H and O–H groups in total. The van der Waals surface area contributed by atoms with E-state index in [1.807, 2.05) is 24.3 Å². The normalized spacial score (nSPS) is 27.8. The molecule has 2 fully saturated rings. The lowest BCUT2D eigenvalue weighted by Crippen LogP contribution is -2.66. The zero-order chi connectivity index (χ0) is 21.6. The number of aromatic hydroxyl groups is 1.